The topological polar surface area (TPSA) is 87.3 Å². The monoisotopic (exact) mass is 429 g/mol. The molecule has 6 nitrogen and oxygen atoms in total. The molecule has 5 rings (SSSR count). The number of amides is 3. The third kappa shape index (κ3) is 4.66. The minimum absolute atomic E-state index is 0.0190. The summed E-state index contributed by atoms with van der Waals surface area (Å²) in [7, 11) is 0. The van der Waals surface area contributed by atoms with Crippen LogP contribution in [0.2, 0.25) is 0 Å². The number of hydrazine groups is 1. The first-order valence-electron chi connectivity index (χ1n) is 10.9. The van der Waals surface area contributed by atoms with Crippen molar-refractivity contribution in [3.05, 3.63) is 29.8 Å². The molecule has 4 aliphatic rings. The Bertz CT molecular complexity index is 788. The van der Waals surface area contributed by atoms with E-state index in [4.69, 9.17) is 0 Å². The molecule has 0 aliphatic heterocycles. The average Bonchev–Trinajstić information content (AvgIpc) is 2.70. The van der Waals surface area contributed by atoms with Gasteiger partial charge in [-0.25, -0.2) is 0 Å². The van der Waals surface area contributed by atoms with Crippen LogP contribution in [-0.4, -0.2) is 29.5 Å². The van der Waals surface area contributed by atoms with E-state index in [2.05, 4.69) is 16.2 Å². The van der Waals surface area contributed by atoms with Gasteiger partial charge in [-0.2, -0.15) is 0 Å². The van der Waals surface area contributed by atoms with Gasteiger partial charge < -0.3 is 5.32 Å². The second-order valence-corrected chi connectivity index (χ2v) is 10.6. The summed E-state index contributed by atoms with van der Waals surface area (Å²) < 4.78 is 0. The lowest BCUT2D eigenvalue weighted by Gasteiger charge is -2.55. The standard InChI is InChI=1S/C23H31N3O3S/c1-14-3-5-19(6-4-14)30-13-20(27)25-26-21(28)15(2)24-22(29)23-10-16-7-17(11-23)9-18(8-16)12-23/h3-6,15-18H,7-13H2,1-2H3,(H,24,29)(H,25,27)(H,26,28)/t15-,16?,17?,18?,23?/m0/s1. The summed E-state index contributed by atoms with van der Waals surface area (Å²) in [6, 6.07) is 7.24. The van der Waals surface area contributed by atoms with Crippen LogP contribution in [0.1, 0.15) is 51.0 Å². The molecule has 4 saturated carbocycles. The van der Waals surface area contributed by atoms with Crippen molar-refractivity contribution in [3.8, 4) is 0 Å². The van der Waals surface area contributed by atoms with Crippen molar-refractivity contribution in [1.29, 1.82) is 0 Å². The lowest BCUT2D eigenvalue weighted by atomic mass is 9.49. The zero-order chi connectivity index (χ0) is 21.3. The highest BCUT2D eigenvalue weighted by Gasteiger charge is 2.54. The molecule has 4 aliphatic carbocycles. The van der Waals surface area contributed by atoms with Crippen molar-refractivity contribution in [2.75, 3.05) is 5.75 Å². The number of nitrogens with one attached hydrogen (secondary N) is 3. The lowest BCUT2D eigenvalue weighted by molar-refractivity contribution is -0.148. The van der Waals surface area contributed by atoms with Crippen molar-refractivity contribution in [1.82, 2.24) is 16.2 Å². The van der Waals surface area contributed by atoms with Gasteiger partial charge in [-0.3, -0.25) is 25.2 Å². The number of hydrogen-bond donors (Lipinski definition) is 3. The van der Waals surface area contributed by atoms with Gasteiger partial charge in [-0.1, -0.05) is 17.7 Å². The highest BCUT2D eigenvalue weighted by molar-refractivity contribution is 8.00. The van der Waals surface area contributed by atoms with Gasteiger partial charge in [0, 0.05) is 10.3 Å². The SMILES string of the molecule is Cc1ccc(SCC(=O)NNC(=O)[C@H](C)NC(=O)C23CC4CC(CC(C4)C2)C3)cc1. The summed E-state index contributed by atoms with van der Waals surface area (Å²) >= 11 is 1.41. The maximum atomic E-state index is 13.1. The largest absolute Gasteiger partial charge is 0.344 e. The molecule has 7 heteroatoms. The number of benzene rings is 1. The van der Waals surface area contributed by atoms with E-state index in [-0.39, 0.29) is 23.0 Å². The summed E-state index contributed by atoms with van der Waals surface area (Å²) in [5.41, 5.74) is 5.77. The van der Waals surface area contributed by atoms with Gasteiger partial charge in [0.2, 0.25) is 11.8 Å². The Balaban J connectivity index is 1.21. The zero-order valence-electron chi connectivity index (χ0n) is 17.7. The first-order chi connectivity index (χ1) is 14.3. The summed E-state index contributed by atoms with van der Waals surface area (Å²) in [5, 5.41) is 2.92. The number of aryl methyl sites for hydroxylation is 1. The van der Waals surface area contributed by atoms with E-state index in [0.717, 1.165) is 24.2 Å². The summed E-state index contributed by atoms with van der Waals surface area (Å²) in [5.74, 6) is 1.57. The van der Waals surface area contributed by atoms with E-state index in [1.807, 2.05) is 31.2 Å². The number of carbonyl (C=O) groups excluding carboxylic acids is 3. The predicted octanol–water partition coefficient (Wildman–Crippen LogP) is 2.96. The van der Waals surface area contributed by atoms with Crippen LogP contribution in [0.25, 0.3) is 0 Å². The average molecular weight is 430 g/mol. The van der Waals surface area contributed by atoms with Crippen LogP contribution in [-0.2, 0) is 14.4 Å². The van der Waals surface area contributed by atoms with Crippen molar-refractivity contribution in [2.45, 2.75) is 63.3 Å². The molecular formula is C23H31N3O3S. The fourth-order valence-electron chi connectivity index (χ4n) is 5.86. The molecule has 1 atom stereocenters. The van der Waals surface area contributed by atoms with Crippen LogP contribution in [0, 0.1) is 30.1 Å². The molecule has 1 aromatic rings. The van der Waals surface area contributed by atoms with Gasteiger partial charge >= 0.3 is 0 Å². The van der Waals surface area contributed by atoms with E-state index < -0.39 is 11.9 Å². The van der Waals surface area contributed by atoms with Gasteiger partial charge in [-0.05, 0) is 82.3 Å². The number of hydrogen-bond acceptors (Lipinski definition) is 4. The fourth-order valence-corrected chi connectivity index (χ4v) is 6.56. The Kier molecular flexibility index (Phi) is 6.09. The molecule has 0 unspecified atom stereocenters. The molecule has 30 heavy (non-hydrogen) atoms. The Morgan fingerprint density at radius 1 is 1.00 bits per heavy atom. The van der Waals surface area contributed by atoms with E-state index >= 15 is 0 Å². The molecule has 1 aromatic carbocycles. The van der Waals surface area contributed by atoms with Crippen LogP contribution in [0.15, 0.2) is 29.2 Å². The van der Waals surface area contributed by atoms with Crippen molar-refractivity contribution < 1.29 is 14.4 Å². The van der Waals surface area contributed by atoms with E-state index in [1.54, 1.807) is 6.92 Å². The lowest BCUT2D eigenvalue weighted by Crippen LogP contribution is -2.58. The van der Waals surface area contributed by atoms with E-state index in [9.17, 15) is 14.4 Å². The van der Waals surface area contributed by atoms with Gasteiger partial charge in [0.1, 0.15) is 6.04 Å². The van der Waals surface area contributed by atoms with Gasteiger partial charge in [0.05, 0.1) is 5.75 Å². The third-order valence-electron chi connectivity index (χ3n) is 6.98. The molecule has 0 saturated heterocycles. The van der Waals surface area contributed by atoms with Gasteiger partial charge in [0.25, 0.3) is 5.91 Å². The predicted molar refractivity (Wildman–Crippen MR) is 116 cm³/mol. The second kappa shape index (κ2) is 8.61. The molecule has 3 N–H and O–H groups in total. The van der Waals surface area contributed by atoms with Crippen molar-refractivity contribution >= 4 is 29.5 Å². The molecule has 162 valence electrons. The molecule has 3 amide bonds. The zero-order valence-corrected chi connectivity index (χ0v) is 18.5. The molecular weight excluding hydrogens is 398 g/mol. The Morgan fingerprint density at radius 3 is 2.13 bits per heavy atom. The summed E-state index contributed by atoms with van der Waals surface area (Å²) in [6.45, 7) is 3.68. The maximum Gasteiger partial charge on any atom is 0.260 e. The summed E-state index contributed by atoms with van der Waals surface area (Å²) in [6.07, 6.45) is 6.71. The normalized spacial score (nSPS) is 29.9. The second-order valence-electron chi connectivity index (χ2n) is 9.53. The molecule has 0 radical (unpaired) electrons. The third-order valence-corrected chi connectivity index (χ3v) is 7.99. The minimum Gasteiger partial charge on any atom is -0.344 e. The van der Waals surface area contributed by atoms with Crippen molar-refractivity contribution in [3.63, 3.8) is 0 Å². The van der Waals surface area contributed by atoms with Gasteiger partial charge in [-0.15, -0.1) is 11.8 Å². The van der Waals surface area contributed by atoms with Crippen LogP contribution < -0.4 is 16.2 Å². The number of rotatable bonds is 6. The molecule has 0 spiro atoms. The molecule has 4 bridgehead atoms. The number of carbonyl (C=O) groups is 3. The van der Waals surface area contributed by atoms with Crippen LogP contribution in [0.4, 0.5) is 0 Å². The van der Waals surface area contributed by atoms with Crippen LogP contribution >= 0.6 is 11.8 Å². The highest BCUT2D eigenvalue weighted by atomic mass is 32.2. The van der Waals surface area contributed by atoms with Crippen LogP contribution in [0.5, 0.6) is 0 Å². The van der Waals surface area contributed by atoms with Gasteiger partial charge in [0.15, 0.2) is 0 Å². The first kappa shape index (κ1) is 21.2. The minimum atomic E-state index is -0.685. The van der Waals surface area contributed by atoms with Crippen molar-refractivity contribution in [2.24, 2.45) is 23.2 Å². The van der Waals surface area contributed by atoms with E-state index in [0.29, 0.717) is 17.8 Å². The smallest absolute Gasteiger partial charge is 0.260 e. The number of thioether (sulfide) groups is 1. The Morgan fingerprint density at radius 2 is 1.57 bits per heavy atom. The quantitative estimate of drug-likeness (QED) is 0.479. The molecule has 0 aromatic heterocycles. The molecule has 0 heterocycles. The first-order valence-corrected chi connectivity index (χ1v) is 11.9. The van der Waals surface area contributed by atoms with Crippen LogP contribution in [0.3, 0.4) is 0 Å². The fraction of sp³-hybridized carbons (Fsp3) is 0.609. The van der Waals surface area contributed by atoms with E-state index in [1.165, 1.54) is 36.6 Å². The maximum absolute atomic E-state index is 13.1. The summed E-state index contributed by atoms with van der Waals surface area (Å²) in [4.78, 5) is 38.5. The molecule has 4 fully saturated rings. The highest BCUT2D eigenvalue weighted by Crippen LogP contribution is 2.60. The Labute approximate surface area is 182 Å². The Hall–Kier alpha value is -2.02.